The molecule has 1 N–H and O–H groups in total. The van der Waals surface area contributed by atoms with Gasteiger partial charge in [-0.05, 0) is 30.4 Å². The minimum Gasteiger partial charge on any atom is -0.476 e. The van der Waals surface area contributed by atoms with E-state index in [-0.39, 0.29) is 10.7 Å². The van der Waals surface area contributed by atoms with Crippen LogP contribution in [-0.4, -0.2) is 16.1 Å². The third-order valence-electron chi connectivity index (χ3n) is 2.11. The van der Waals surface area contributed by atoms with E-state index in [1.807, 2.05) is 0 Å². The molecule has 1 fully saturated rings. The maximum atomic E-state index is 10.6. The molecular weight excluding hydrogens is 190 g/mol. The van der Waals surface area contributed by atoms with Crippen LogP contribution < -0.4 is 0 Å². The Balaban J connectivity index is 2.36. The summed E-state index contributed by atoms with van der Waals surface area (Å²) in [6.07, 6.45) is 3.92. The van der Waals surface area contributed by atoms with Crippen LogP contribution >= 0.6 is 11.6 Å². The summed E-state index contributed by atoms with van der Waals surface area (Å²) in [4.78, 5) is 14.4. The summed E-state index contributed by atoms with van der Waals surface area (Å²) in [5.41, 5.74) is 0.987. The molecule has 0 aliphatic heterocycles. The number of rotatable bonds is 2. The first-order chi connectivity index (χ1) is 6.18. The molecule has 1 heterocycles. The maximum Gasteiger partial charge on any atom is 0.356 e. The van der Waals surface area contributed by atoms with E-state index in [4.69, 9.17) is 16.7 Å². The lowest BCUT2D eigenvalue weighted by molar-refractivity contribution is 0.0690. The van der Waals surface area contributed by atoms with Crippen LogP contribution in [0.4, 0.5) is 0 Å². The van der Waals surface area contributed by atoms with Crippen LogP contribution in [0.15, 0.2) is 12.3 Å². The van der Waals surface area contributed by atoms with Crippen molar-refractivity contribution < 1.29 is 9.90 Å². The minimum absolute atomic E-state index is 0.0638. The quantitative estimate of drug-likeness (QED) is 0.792. The van der Waals surface area contributed by atoms with Gasteiger partial charge >= 0.3 is 5.97 Å². The fourth-order valence-corrected chi connectivity index (χ4v) is 1.51. The first-order valence-electron chi connectivity index (χ1n) is 4.07. The molecule has 1 saturated carbocycles. The molecule has 68 valence electrons. The number of nitrogens with zero attached hydrogens (tertiary/aromatic N) is 1. The van der Waals surface area contributed by atoms with E-state index in [0.29, 0.717) is 5.92 Å². The Morgan fingerprint density at radius 3 is 2.77 bits per heavy atom. The van der Waals surface area contributed by atoms with Crippen LogP contribution in [0.1, 0.15) is 34.8 Å². The summed E-state index contributed by atoms with van der Waals surface area (Å²) in [7, 11) is 0. The summed E-state index contributed by atoms with van der Waals surface area (Å²) in [6.45, 7) is 0. The molecule has 1 aliphatic rings. The van der Waals surface area contributed by atoms with Gasteiger partial charge in [0.05, 0.1) is 5.02 Å². The number of halogens is 1. The van der Waals surface area contributed by atoms with Gasteiger partial charge in [0.2, 0.25) is 0 Å². The first-order valence-corrected chi connectivity index (χ1v) is 4.45. The van der Waals surface area contributed by atoms with E-state index in [1.165, 1.54) is 0 Å². The smallest absolute Gasteiger partial charge is 0.356 e. The number of aromatic nitrogens is 1. The highest BCUT2D eigenvalue weighted by molar-refractivity contribution is 6.33. The lowest BCUT2D eigenvalue weighted by Gasteiger charge is -2.00. The van der Waals surface area contributed by atoms with Crippen molar-refractivity contribution in [1.82, 2.24) is 4.98 Å². The molecule has 0 aromatic carbocycles. The number of carboxylic acids is 1. The summed E-state index contributed by atoms with van der Waals surface area (Å²) in [6, 6.07) is 1.70. The molecule has 1 aliphatic carbocycles. The second-order valence-corrected chi connectivity index (χ2v) is 3.59. The van der Waals surface area contributed by atoms with Crippen LogP contribution in [0, 0.1) is 0 Å². The molecule has 0 bridgehead atoms. The Labute approximate surface area is 80.4 Å². The van der Waals surface area contributed by atoms with Crippen molar-refractivity contribution in [3.8, 4) is 0 Å². The van der Waals surface area contributed by atoms with Crippen LogP contribution in [0.5, 0.6) is 0 Å². The van der Waals surface area contributed by atoms with Crippen molar-refractivity contribution in [2.24, 2.45) is 0 Å². The number of hydrogen-bond donors (Lipinski definition) is 1. The third-order valence-corrected chi connectivity index (χ3v) is 2.40. The standard InChI is InChI=1S/C9H8ClNO2/c10-7-3-6(5-1-2-5)4-11-8(7)9(12)13/h3-5H,1-2H2,(H,12,13). The Morgan fingerprint density at radius 1 is 1.62 bits per heavy atom. The summed E-state index contributed by atoms with van der Waals surface area (Å²) < 4.78 is 0. The van der Waals surface area contributed by atoms with Crippen LogP contribution in [0.3, 0.4) is 0 Å². The number of carbonyl (C=O) groups is 1. The van der Waals surface area contributed by atoms with E-state index < -0.39 is 5.97 Å². The Morgan fingerprint density at radius 2 is 2.31 bits per heavy atom. The zero-order valence-electron chi connectivity index (χ0n) is 6.83. The zero-order chi connectivity index (χ0) is 9.42. The van der Waals surface area contributed by atoms with Gasteiger partial charge in [-0.15, -0.1) is 0 Å². The van der Waals surface area contributed by atoms with Gasteiger partial charge in [0, 0.05) is 6.20 Å². The van der Waals surface area contributed by atoms with Crippen molar-refractivity contribution in [2.75, 3.05) is 0 Å². The van der Waals surface area contributed by atoms with E-state index in [9.17, 15) is 4.79 Å². The second kappa shape index (κ2) is 3.00. The normalized spacial score (nSPS) is 15.8. The summed E-state index contributed by atoms with van der Waals surface area (Å²) in [5.74, 6) is -0.528. The molecule has 3 nitrogen and oxygen atoms in total. The highest BCUT2D eigenvalue weighted by Gasteiger charge is 2.25. The molecule has 0 radical (unpaired) electrons. The monoisotopic (exact) mass is 197 g/mol. The van der Waals surface area contributed by atoms with Crippen molar-refractivity contribution in [3.05, 3.63) is 28.5 Å². The van der Waals surface area contributed by atoms with Crippen LogP contribution in [-0.2, 0) is 0 Å². The van der Waals surface area contributed by atoms with Crippen molar-refractivity contribution in [1.29, 1.82) is 0 Å². The van der Waals surface area contributed by atoms with Gasteiger partial charge < -0.3 is 5.11 Å². The van der Waals surface area contributed by atoms with Gasteiger partial charge in [0.1, 0.15) is 0 Å². The molecule has 0 amide bonds. The van der Waals surface area contributed by atoms with E-state index >= 15 is 0 Å². The molecule has 0 spiro atoms. The zero-order valence-corrected chi connectivity index (χ0v) is 7.58. The average molecular weight is 198 g/mol. The predicted molar refractivity (Wildman–Crippen MR) is 48.2 cm³/mol. The maximum absolute atomic E-state index is 10.6. The second-order valence-electron chi connectivity index (χ2n) is 3.18. The number of aromatic carboxylic acids is 1. The van der Waals surface area contributed by atoms with E-state index in [1.54, 1.807) is 12.3 Å². The molecule has 2 rings (SSSR count). The van der Waals surface area contributed by atoms with Gasteiger partial charge in [-0.1, -0.05) is 11.6 Å². The summed E-state index contributed by atoms with van der Waals surface area (Å²) in [5, 5.41) is 8.90. The highest BCUT2D eigenvalue weighted by Crippen LogP contribution is 2.40. The molecule has 4 heteroatoms. The fourth-order valence-electron chi connectivity index (χ4n) is 1.25. The minimum atomic E-state index is -1.08. The Kier molecular flexibility index (Phi) is 1.96. The van der Waals surface area contributed by atoms with E-state index in [2.05, 4.69) is 4.98 Å². The highest BCUT2D eigenvalue weighted by atomic mass is 35.5. The number of carboxylic acid groups (broad SMARTS) is 1. The Hall–Kier alpha value is -1.09. The van der Waals surface area contributed by atoms with Crippen molar-refractivity contribution >= 4 is 17.6 Å². The molecular formula is C9H8ClNO2. The molecule has 0 unspecified atom stereocenters. The van der Waals surface area contributed by atoms with Crippen LogP contribution in [0.2, 0.25) is 5.02 Å². The van der Waals surface area contributed by atoms with Gasteiger partial charge in [-0.2, -0.15) is 0 Å². The van der Waals surface area contributed by atoms with Crippen LogP contribution in [0.25, 0.3) is 0 Å². The number of hydrogen-bond acceptors (Lipinski definition) is 2. The average Bonchev–Trinajstić information content (AvgIpc) is 2.85. The topological polar surface area (TPSA) is 50.2 Å². The molecule has 1 aromatic heterocycles. The molecule has 0 atom stereocenters. The van der Waals surface area contributed by atoms with E-state index in [0.717, 1.165) is 18.4 Å². The van der Waals surface area contributed by atoms with Gasteiger partial charge in [-0.3, -0.25) is 0 Å². The van der Waals surface area contributed by atoms with Crippen molar-refractivity contribution in [3.63, 3.8) is 0 Å². The largest absolute Gasteiger partial charge is 0.476 e. The third kappa shape index (κ3) is 1.65. The van der Waals surface area contributed by atoms with Gasteiger partial charge in [-0.25, -0.2) is 9.78 Å². The van der Waals surface area contributed by atoms with Gasteiger partial charge in [0.25, 0.3) is 0 Å². The molecule has 13 heavy (non-hydrogen) atoms. The summed E-state index contributed by atoms with van der Waals surface area (Å²) >= 11 is 5.75. The van der Waals surface area contributed by atoms with Gasteiger partial charge in [0.15, 0.2) is 5.69 Å². The lowest BCUT2D eigenvalue weighted by atomic mass is 10.2. The van der Waals surface area contributed by atoms with Crippen molar-refractivity contribution in [2.45, 2.75) is 18.8 Å². The number of pyridine rings is 1. The predicted octanol–water partition coefficient (Wildman–Crippen LogP) is 2.31. The Bertz CT molecular complexity index is 361. The molecule has 1 aromatic rings. The fraction of sp³-hybridized carbons (Fsp3) is 0.333. The first kappa shape index (κ1) is 8.51. The SMILES string of the molecule is O=C(O)c1ncc(C2CC2)cc1Cl. The molecule has 0 saturated heterocycles. The lowest BCUT2D eigenvalue weighted by Crippen LogP contribution is -2.01.